The number of rotatable bonds is 4. The molecular formula is C12H12ClF3O3. The minimum atomic E-state index is -4.22. The summed E-state index contributed by atoms with van der Waals surface area (Å²) < 4.78 is 44.8. The second kappa shape index (κ2) is 5.38. The molecule has 0 heterocycles. The van der Waals surface area contributed by atoms with E-state index in [1.54, 1.807) is 0 Å². The Morgan fingerprint density at radius 2 is 2.05 bits per heavy atom. The number of halogens is 4. The van der Waals surface area contributed by atoms with Crippen molar-refractivity contribution in [3.63, 3.8) is 0 Å². The van der Waals surface area contributed by atoms with E-state index in [2.05, 4.69) is 4.74 Å². The summed E-state index contributed by atoms with van der Waals surface area (Å²) >= 11 is 5.62. The quantitative estimate of drug-likeness (QED) is 0.869. The van der Waals surface area contributed by atoms with Crippen LogP contribution in [-0.2, 0) is 15.1 Å². The summed E-state index contributed by atoms with van der Waals surface area (Å²) in [4.78, 5) is 11.2. The molecule has 0 saturated heterocycles. The molecule has 0 fully saturated rings. The largest absolute Gasteiger partial charge is 0.461 e. The smallest absolute Gasteiger partial charge is 0.380 e. The highest BCUT2D eigenvalue weighted by atomic mass is 35.5. The number of ether oxygens (including phenoxy) is 1. The van der Waals surface area contributed by atoms with E-state index in [1.807, 2.05) is 0 Å². The Hall–Kier alpha value is -1.27. The third-order valence-electron chi connectivity index (χ3n) is 2.60. The van der Waals surface area contributed by atoms with Crippen molar-refractivity contribution in [2.45, 2.75) is 25.4 Å². The molecule has 0 spiro atoms. The summed E-state index contributed by atoms with van der Waals surface area (Å²) in [5, 5.41) is 9.52. The maximum absolute atomic E-state index is 13.9. The third-order valence-corrected chi connectivity index (χ3v) is 2.91. The molecule has 1 N–H and O–H groups in total. The van der Waals surface area contributed by atoms with Gasteiger partial charge in [-0.2, -0.15) is 8.78 Å². The van der Waals surface area contributed by atoms with Gasteiger partial charge < -0.3 is 9.84 Å². The monoisotopic (exact) mass is 296 g/mol. The molecular weight excluding hydrogens is 285 g/mol. The van der Waals surface area contributed by atoms with Gasteiger partial charge in [-0.1, -0.05) is 17.7 Å². The van der Waals surface area contributed by atoms with Crippen LogP contribution < -0.4 is 0 Å². The third kappa shape index (κ3) is 2.84. The second-order valence-corrected chi connectivity index (χ2v) is 4.40. The van der Waals surface area contributed by atoms with Crippen LogP contribution in [0.5, 0.6) is 0 Å². The maximum atomic E-state index is 13.9. The van der Waals surface area contributed by atoms with E-state index >= 15 is 0 Å². The first-order chi connectivity index (χ1) is 8.64. The van der Waals surface area contributed by atoms with Gasteiger partial charge in [0.25, 0.3) is 0 Å². The molecule has 3 nitrogen and oxygen atoms in total. The summed E-state index contributed by atoms with van der Waals surface area (Å²) in [6.07, 6.45) is 0. The minimum Gasteiger partial charge on any atom is -0.461 e. The number of alkyl halides is 2. The van der Waals surface area contributed by atoms with Gasteiger partial charge in [-0.05, 0) is 26.0 Å². The summed E-state index contributed by atoms with van der Waals surface area (Å²) in [6, 6.07) is 2.52. The molecule has 0 aliphatic rings. The van der Waals surface area contributed by atoms with Crippen LogP contribution in [0, 0.1) is 5.82 Å². The normalized spacial score (nSPS) is 14.9. The number of aliphatic hydroxyl groups is 1. The molecule has 0 saturated carbocycles. The molecule has 19 heavy (non-hydrogen) atoms. The van der Waals surface area contributed by atoms with Crippen LogP contribution in [0.4, 0.5) is 13.2 Å². The van der Waals surface area contributed by atoms with Crippen molar-refractivity contribution in [1.29, 1.82) is 0 Å². The highest BCUT2D eigenvalue weighted by molar-refractivity contribution is 6.31. The average molecular weight is 297 g/mol. The van der Waals surface area contributed by atoms with Crippen molar-refractivity contribution in [2.24, 2.45) is 0 Å². The minimum absolute atomic E-state index is 0.262. The Bertz CT molecular complexity index is 489. The molecule has 0 bridgehead atoms. The molecule has 0 amide bonds. The molecule has 0 aliphatic carbocycles. The van der Waals surface area contributed by atoms with Crippen LogP contribution in [0.25, 0.3) is 0 Å². The molecule has 0 aromatic heterocycles. The van der Waals surface area contributed by atoms with E-state index < -0.39 is 33.9 Å². The summed E-state index contributed by atoms with van der Waals surface area (Å²) in [7, 11) is 0. The van der Waals surface area contributed by atoms with Crippen LogP contribution in [0.3, 0.4) is 0 Å². The SMILES string of the molecule is CCOC(=O)C(F)(F)C(C)(O)c1ccc(F)cc1Cl. The Morgan fingerprint density at radius 3 is 2.53 bits per heavy atom. The lowest BCUT2D eigenvalue weighted by Crippen LogP contribution is -2.50. The maximum Gasteiger partial charge on any atom is 0.380 e. The van der Waals surface area contributed by atoms with Crippen molar-refractivity contribution in [2.75, 3.05) is 6.61 Å². The lowest BCUT2D eigenvalue weighted by molar-refractivity contribution is -0.212. The molecule has 0 radical (unpaired) electrons. The number of hydrogen-bond donors (Lipinski definition) is 1. The lowest BCUT2D eigenvalue weighted by atomic mass is 9.89. The highest BCUT2D eigenvalue weighted by Gasteiger charge is 2.58. The molecule has 0 aliphatic heterocycles. The Balaban J connectivity index is 3.25. The van der Waals surface area contributed by atoms with E-state index in [0.717, 1.165) is 18.2 Å². The van der Waals surface area contributed by atoms with Gasteiger partial charge in [0.15, 0.2) is 5.60 Å². The topological polar surface area (TPSA) is 46.5 Å². The van der Waals surface area contributed by atoms with Crippen LogP contribution >= 0.6 is 11.6 Å². The fourth-order valence-corrected chi connectivity index (χ4v) is 1.83. The van der Waals surface area contributed by atoms with Crippen molar-refractivity contribution in [1.82, 2.24) is 0 Å². The van der Waals surface area contributed by atoms with Crippen molar-refractivity contribution in [3.8, 4) is 0 Å². The molecule has 7 heteroatoms. The molecule has 1 atom stereocenters. The molecule has 1 aromatic carbocycles. The van der Waals surface area contributed by atoms with Gasteiger partial charge in [-0.15, -0.1) is 0 Å². The standard InChI is InChI=1S/C12H12ClF3O3/c1-3-19-10(17)12(15,16)11(2,18)8-5-4-7(14)6-9(8)13/h4-6,18H,3H2,1-2H3. The van der Waals surface area contributed by atoms with Gasteiger partial charge in [-0.25, -0.2) is 9.18 Å². The van der Waals surface area contributed by atoms with Gasteiger partial charge in [-0.3, -0.25) is 0 Å². The van der Waals surface area contributed by atoms with E-state index in [-0.39, 0.29) is 6.61 Å². The average Bonchev–Trinajstić information content (AvgIpc) is 2.28. The summed E-state index contributed by atoms with van der Waals surface area (Å²) in [6.45, 7) is 1.80. The van der Waals surface area contributed by atoms with Crippen LogP contribution in [0.1, 0.15) is 19.4 Å². The van der Waals surface area contributed by atoms with Crippen LogP contribution in [-0.4, -0.2) is 23.6 Å². The fourth-order valence-electron chi connectivity index (χ4n) is 1.47. The Morgan fingerprint density at radius 1 is 1.47 bits per heavy atom. The summed E-state index contributed by atoms with van der Waals surface area (Å²) in [5.41, 5.74) is -3.38. The molecule has 1 aromatic rings. The zero-order valence-corrected chi connectivity index (χ0v) is 11.0. The predicted molar refractivity (Wildman–Crippen MR) is 62.6 cm³/mol. The zero-order valence-electron chi connectivity index (χ0n) is 10.2. The molecule has 106 valence electrons. The second-order valence-electron chi connectivity index (χ2n) is 3.99. The predicted octanol–water partition coefficient (Wildman–Crippen LogP) is 2.89. The van der Waals surface area contributed by atoms with Crippen molar-refractivity contribution in [3.05, 3.63) is 34.6 Å². The van der Waals surface area contributed by atoms with Gasteiger partial charge in [0, 0.05) is 10.6 Å². The van der Waals surface area contributed by atoms with Crippen LogP contribution in [0.2, 0.25) is 5.02 Å². The van der Waals surface area contributed by atoms with E-state index in [1.165, 1.54) is 6.92 Å². The fraction of sp³-hybridized carbons (Fsp3) is 0.417. The van der Waals surface area contributed by atoms with Crippen LogP contribution in [0.15, 0.2) is 18.2 Å². The van der Waals surface area contributed by atoms with Gasteiger partial charge >= 0.3 is 11.9 Å². The first kappa shape index (κ1) is 15.8. The van der Waals surface area contributed by atoms with Crippen molar-refractivity contribution < 1.29 is 27.8 Å². The zero-order chi connectivity index (χ0) is 14.8. The number of benzene rings is 1. The molecule has 1 unspecified atom stereocenters. The Kier molecular flexibility index (Phi) is 4.47. The molecule has 1 rings (SSSR count). The van der Waals surface area contributed by atoms with E-state index in [4.69, 9.17) is 11.6 Å². The van der Waals surface area contributed by atoms with Crippen molar-refractivity contribution >= 4 is 17.6 Å². The number of esters is 1. The first-order valence-electron chi connectivity index (χ1n) is 5.37. The van der Waals surface area contributed by atoms with E-state index in [0.29, 0.717) is 6.92 Å². The highest BCUT2D eigenvalue weighted by Crippen LogP contribution is 2.41. The van der Waals surface area contributed by atoms with Gasteiger partial charge in [0.1, 0.15) is 5.82 Å². The number of carbonyl (C=O) groups is 1. The number of hydrogen-bond acceptors (Lipinski definition) is 3. The summed E-state index contributed by atoms with van der Waals surface area (Å²) in [5.74, 6) is -6.84. The van der Waals surface area contributed by atoms with E-state index in [9.17, 15) is 23.1 Å². The van der Waals surface area contributed by atoms with Gasteiger partial charge in [0.05, 0.1) is 6.61 Å². The lowest BCUT2D eigenvalue weighted by Gasteiger charge is -2.31. The first-order valence-corrected chi connectivity index (χ1v) is 5.75. The Labute approximate surface area is 112 Å². The van der Waals surface area contributed by atoms with Gasteiger partial charge in [0.2, 0.25) is 0 Å². The number of carbonyl (C=O) groups excluding carboxylic acids is 1.